The van der Waals surface area contributed by atoms with Crippen molar-refractivity contribution >= 4 is 22.7 Å². The maximum absolute atomic E-state index is 13.2. The summed E-state index contributed by atoms with van der Waals surface area (Å²) in [5, 5.41) is 6.28. The van der Waals surface area contributed by atoms with E-state index in [2.05, 4.69) is 15.1 Å². The normalized spacial score (nSPS) is 14.1. The van der Waals surface area contributed by atoms with E-state index in [0.29, 0.717) is 27.0 Å². The molecule has 1 fully saturated rings. The van der Waals surface area contributed by atoms with Crippen LogP contribution in [0.1, 0.15) is 36.8 Å². The van der Waals surface area contributed by atoms with Gasteiger partial charge in [0.15, 0.2) is 5.82 Å². The zero-order valence-electron chi connectivity index (χ0n) is 14.7. The zero-order valence-corrected chi connectivity index (χ0v) is 15.5. The van der Waals surface area contributed by atoms with Crippen molar-refractivity contribution in [2.45, 2.75) is 35.4 Å². The summed E-state index contributed by atoms with van der Waals surface area (Å²) in [6.45, 7) is 0. The summed E-state index contributed by atoms with van der Waals surface area (Å²) in [7, 11) is 0. The van der Waals surface area contributed by atoms with E-state index in [9.17, 15) is 8.78 Å². The molecule has 140 valence electrons. The number of para-hydroxylation sites is 2. The van der Waals surface area contributed by atoms with Crippen LogP contribution in [0.5, 0.6) is 0 Å². The maximum atomic E-state index is 13.2. The van der Waals surface area contributed by atoms with E-state index in [1.807, 2.05) is 47.1 Å². The molecule has 1 aliphatic carbocycles. The summed E-state index contributed by atoms with van der Waals surface area (Å²) in [5.74, 6) is 0.813. The molecule has 2 aromatic carbocycles. The lowest BCUT2D eigenvalue weighted by Crippen LogP contribution is -2.01. The Hall–Kier alpha value is -2.87. The molecule has 0 aliphatic heterocycles. The molecular weight excluding hydrogens is 380 g/mol. The number of halogens is 2. The van der Waals surface area contributed by atoms with Gasteiger partial charge in [-0.1, -0.05) is 36.4 Å². The predicted molar refractivity (Wildman–Crippen MR) is 102 cm³/mol. The number of benzene rings is 2. The van der Waals surface area contributed by atoms with Gasteiger partial charge in [0.1, 0.15) is 10.9 Å². The summed E-state index contributed by atoms with van der Waals surface area (Å²) in [4.78, 5) is 12.7. The molecule has 0 radical (unpaired) electrons. The Balaban J connectivity index is 1.58. The molecule has 5 nitrogen and oxygen atoms in total. The molecule has 0 spiro atoms. The molecule has 1 aliphatic rings. The molecule has 0 unspecified atom stereocenters. The lowest BCUT2D eigenvalue weighted by atomic mass is 10.2. The number of hydrogen-bond acceptors (Lipinski definition) is 5. The van der Waals surface area contributed by atoms with Crippen molar-refractivity contribution in [3.63, 3.8) is 0 Å². The Morgan fingerprint density at radius 3 is 2.43 bits per heavy atom. The van der Waals surface area contributed by atoms with Gasteiger partial charge in [-0.25, -0.2) is 28.4 Å². The van der Waals surface area contributed by atoms with Gasteiger partial charge in [-0.05, 0) is 42.8 Å². The fraction of sp³-hybridized carbons (Fsp3) is 0.200. The first-order chi connectivity index (χ1) is 13.7. The van der Waals surface area contributed by atoms with Gasteiger partial charge >= 0.3 is 0 Å². The number of hydrogen-bond donors (Lipinski definition) is 0. The van der Waals surface area contributed by atoms with E-state index < -0.39 is 12.2 Å². The molecule has 8 heteroatoms. The second-order valence-corrected chi connectivity index (χ2v) is 7.54. The molecule has 2 heterocycles. The SMILES string of the molecule is FC(F)c1nc(Sc2nc(C3CC3)n(-c3ccccc3)n2)c2ccccc2n1. The van der Waals surface area contributed by atoms with Gasteiger partial charge in [0.25, 0.3) is 6.43 Å². The van der Waals surface area contributed by atoms with Gasteiger partial charge in [0.2, 0.25) is 5.16 Å². The van der Waals surface area contributed by atoms with Crippen LogP contribution in [0, 0.1) is 0 Å². The number of aromatic nitrogens is 5. The van der Waals surface area contributed by atoms with E-state index in [1.165, 1.54) is 11.8 Å². The third kappa shape index (κ3) is 3.24. The number of nitrogens with zero attached hydrogens (tertiary/aromatic N) is 5. The van der Waals surface area contributed by atoms with Crippen LogP contribution >= 0.6 is 11.8 Å². The van der Waals surface area contributed by atoms with Gasteiger partial charge in [-0.2, -0.15) is 0 Å². The topological polar surface area (TPSA) is 56.5 Å². The quantitative estimate of drug-likeness (QED) is 0.436. The minimum absolute atomic E-state index is 0.390. The van der Waals surface area contributed by atoms with Crippen LogP contribution in [0.3, 0.4) is 0 Å². The molecule has 2 aromatic heterocycles. The van der Waals surface area contributed by atoms with Crippen molar-refractivity contribution < 1.29 is 8.78 Å². The first-order valence-electron chi connectivity index (χ1n) is 8.94. The fourth-order valence-electron chi connectivity index (χ4n) is 3.04. The second-order valence-electron chi connectivity index (χ2n) is 6.58. The standard InChI is InChI=1S/C20H15F2N5S/c21-16(22)17-23-15-9-5-4-8-14(15)19(24-17)28-20-25-18(12-10-11-12)27(26-20)13-6-2-1-3-7-13/h1-9,12,16H,10-11H2. The van der Waals surface area contributed by atoms with Crippen molar-refractivity contribution in [2.24, 2.45) is 0 Å². The van der Waals surface area contributed by atoms with Crippen molar-refractivity contribution in [2.75, 3.05) is 0 Å². The summed E-state index contributed by atoms with van der Waals surface area (Å²) >= 11 is 1.20. The van der Waals surface area contributed by atoms with E-state index in [0.717, 1.165) is 24.4 Å². The van der Waals surface area contributed by atoms with Crippen LogP contribution in [0.4, 0.5) is 8.78 Å². The lowest BCUT2D eigenvalue weighted by molar-refractivity contribution is 0.140. The van der Waals surface area contributed by atoms with Gasteiger partial charge < -0.3 is 0 Å². The first-order valence-corrected chi connectivity index (χ1v) is 9.76. The largest absolute Gasteiger partial charge is 0.297 e. The Labute approximate surface area is 163 Å². The lowest BCUT2D eigenvalue weighted by Gasteiger charge is -2.06. The minimum Gasteiger partial charge on any atom is -0.227 e. The number of fused-ring (bicyclic) bond motifs is 1. The molecule has 4 aromatic rings. The summed E-state index contributed by atoms with van der Waals surface area (Å²) < 4.78 is 28.3. The third-order valence-corrected chi connectivity index (χ3v) is 5.38. The second kappa shape index (κ2) is 6.94. The zero-order chi connectivity index (χ0) is 19.1. The Kier molecular flexibility index (Phi) is 4.27. The van der Waals surface area contributed by atoms with E-state index in [-0.39, 0.29) is 0 Å². The summed E-state index contributed by atoms with van der Waals surface area (Å²) in [6.07, 6.45) is -0.566. The highest BCUT2D eigenvalue weighted by atomic mass is 32.2. The van der Waals surface area contributed by atoms with Gasteiger partial charge in [0.05, 0.1) is 11.2 Å². The molecule has 28 heavy (non-hydrogen) atoms. The highest BCUT2D eigenvalue weighted by molar-refractivity contribution is 7.99. The van der Waals surface area contributed by atoms with Crippen LogP contribution in [0.15, 0.2) is 64.8 Å². The smallest absolute Gasteiger partial charge is 0.227 e. The first kappa shape index (κ1) is 17.2. The Morgan fingerprint density at radius 1 is 0.929 bits per heavy atom. The van der Waals surface area contributed by atoms with E-state index >= 15 is 0 Å². The van der Waals surface area contributed by atoms with Crippen molar-refractivity contribution in [3.8, 4) is 5.69 Å². The molecule has 5 rings (SSSR count). The van der Waals surface area contributed by atoms with Crippen LogP contribution in [-0.2, 0) is 0 Å². The van der Waals surface area contributed by atoms with Gasteiger partial charge in [-0.3, -0.25) is 0 Å². The number of rotatable bonds is 5. The maximum Gasteiger partial charge on any atom is 0.297 e. The summed E-state index contributed by atoms with van der Waals surface area (Å²) in [5.41, 5.74) is 1.42. The highest BCUT2D eigenvalue weighted by Crippen LogP contribution is 2.41. The van der Waals surface area contributed by atoms with E-state index in [1.54, 1.807) is 12.1 Å². The van der Waals surface area contributed by atoms with Crippen LogP contribution in [0.25, 0.3) is 16.6 Å². The van der Waals surface area contributed by atoms with Crippen molar-refractivity contribution in [3.05, 3.63) is 66.2 Å². The average Bonchev–Trinajstić information content (AvgIpc) is 3.48. The van der Waals surface area contributed by atoms with Gasteiger partial charge in [-0.15, -0.1) is 5.10 Å². The minimum atomic E-state index is -2.74. The molecule has 0 bridgehead atoms. The van der Waals surface area contributed by atoms with Crippen molar-refractivity contribution in [1.29, 1.82) is 0 Å². The highest BCUT2D eigenvalue weighted by Gasteiger charge is 2.31. The Morgan fingerprint density at radius 2 is 1.68 bits per heavy atom. The van der Waals surface area contributed by atoms with Gasteiger partial charge in [0, 0.05) is 11.3 Å². The number of alkyl halides is 2. The van der Waals surface area contributed by atoms with Crippen LogP contribution in [-0.4, -0.2) is 24.7 Å². The molecule has 1 saturated carbocycles. The third-order valence-electron chi connectivity index (χ3n) is 4.52. The van der Waals surface area contributed by atoms with Crippen molar-refractivity contribution in [1.82, 2.24) is 24.7 Å². The fourth-order valence-corrected chi connectivity index (χ4v) is 3.90. The molecule has 0 N–H and O–H groups in total. The average molecular weight is 395 g/mol. The Bertz CT molecular complexity index is 1140. The molecular formula is C20H15F2N5S. The molecule has 0 amide bonds. The summed E-state index contributed by atoms with van der Waals surface area (Å²) in [6, 6.07) is 16.9. The van der Waals surface area contributed by atoms with Crippen LogP contribution in [0.2, 0.25) is 0 Å². The van der Waals surface area contributed by atoms with E-state index in [4.69, 9.17) is 4.98 Å². The predicted octanol–water partition coefficient (Wildman–Crippen LogP) is 5.18. The van der Waals surface area contributed by atoms with Crippen LogP contribution < -0.4 is 0 Å². The molecule has 0 saturated heterocycles. The monoisotopic (exact) mass is 395 g/mol. The molecule has 0 atom stereocenters.